The van der Waals surface area contributed by atoms with Crippen molar-refractivity contribution in [2.45, 2.75) is 136 Å². The first-order chi connectivity index (χ1) is 17.5. The van der Waals surface area contributed by atoms with Gasteiger partial charge in [-0.2, -0.15) is 0 Å². The topological polar surface area (TPSA) is 72.9 Å². The van der Waals surface area contributed by atoms with Crippen LogP contribution in [0.3, 0.4) is 0 Å². The van der Waals surface area contributed by atoms with Crippen LogP contribution in [0.1, 0.15) is 136 Å². The van der Waals surface area contributed by atoms with Crippen molar-refractivity contribution in [2.24, 2.45) is 0 Å². The Kier molecular flexibility index (Phi) is 24.9. The van der Waals surface area contributed by atoms with Crippen molar-refractivity contribution in [3.63, 3.8) is 0 Å². The standard InChI is InChI=1S/C30H55NO5/c1-4-7-8-9-10-11-12-13-14-15-16-17-18-19-20-23-28(32)31(24-26-35-29(33)21-5-2)25-27-36-30(34)22-6-3/h13-14H,4-12,15-27H2,1-3H3/b14-13-. The summed E-state index contributed by atoms with van der Waals surface area (Å²) < 4.78 is 10.4. The number of unbranched alkanes of at least 4 members (excludes halogenated alkanes) is 11. The second-order valence-electron chi connectivity index (χ2n) is 9.66. The summed E-state index contributed by atoms with van der Waals surface area (Å²) in [6.07, 6.45) is 23.3. The maximum Gasteiger partial charge on any atom is 0.305 e. The Balaban J connectivity index is 4.01. The van der Waals surface area contributed by atoms with E-state index in [1.54, 1.807) is 4.90 Å². The van der Waals surface area contributed by atoms with E-state index in [0.717, 1.165) is 38.5 Å². The van der Waals surface area contributed by atoms with Crippen molar-refractivity contribution >= 4 is 17.8 Å². The quantitative estimate of drug-likeness (QED) is 0.0722. The molecule has 0 aliphatic carbocycles. The second kappa shape index (κ2) is 26.2. The van der Waals surface area contributed by atoms with Gasteiger partial charge < -0.3 is 14.4 Å². The van der Waals surface area contributed by atoms with Crippen LogP contribution in [-0.4, -0.2) is 49.0 Å². The Morgan fingerprint density at radius 1 is 0.556 bits per heavy atom. The fourth-order valence-electron chi connectivity index (χ4n) is 3.96. The highest BCUT2D eigenvalue weighted by Gasteiger charge is 2.15. The number of allylic oxidation sites excluding steroid dienone is 2. The van der Waals surface area contributed by atoms with E-state index < -0.39 is 0 Å². The van der Waals surface area contributed by atoms with Gasteiger partial charge in [-0.1, -0.05) is 84.3 Å². The number of rotatable bonds is 25. The monoisotopic (exact) mass is 509 g/mol. The molecule has 0 saturated heterocycles. The van der Waals surface area contributed by atoms with Crippen LogP contribution in [0.4, 0.5) is 0 Å². The van der Waals surface area contributed by atoms with E-state index in [1.807, 2.05) is 13.8 Å². The number of carbonyl (C=O) groups excluding carboxylic acids is 3. The van der Waals surface area contributed by atoms with E-state index in [1.165, 1.54) is 57.8 Å². The predicted octanol–water partition coefficient (Wildman–Crippen LogP) is 7.54. The number of hydrogen-bond donors (Lipinski definition) is 0. The van der Waals surface area contributed by atoms with Crippen LogP contribution >= 0.6 is 0 Å². The third-order valence-corrected chi connectivity index (χ3v) is 6.16. The first-order valence-corrected chi connectivity index (χ1v) is 14.8. The van der Waals surface area contributed by atoms with Gasteiger partial charge in [0.15, 0.2) is 0 Å². The normalized spacial score (nSPS) is 11.1. The van der Waals surface area contributed by atoms with E-state index in [-0.39, 0.29) is 31.1 Å². The average Bonchev–Trinajstić information content (AvgIpc) is 2.85. The third-order valence-electron chi connectivity index (χ3n) is 6.16. The van der Waals surface area contributed by atoms with Crippen LogP contribution in [0.15, 0.2) is 12.2 Å². The third kappa shape index (κ3) is 22.6. The molecule has 0 atom stereocenters. The van der Waals surface area contributed by atoms with Gasteiger partial charge in [-0.15, -0.1) is 0 Å². The van der Waals surface area contributed by atoms with Gasteiger partial charge in [0.05, 0.1) is 13.1 Å². The van der Waals surface area contributed by atoms with Gasteiger partial charge in [0.25, 0.3) is 0 Å². The van der Waals surface area contributed by atoms with Crippen LogP contribution in [0.2, 0.25) is 0 Å². The van der Waals surface area contributed by atoms with Gasteiger partial charge in [-0.05, 0) is 44.9 Å². The molecule has 0 aliphatic rings. The smallest absolute Gasteiger partial charge is 0.305 e. The van der Waals surface area contributed by atoms with Crippen LogP contribution < -0.4 is 0 Å². The number of hydrogen-bond acceptors (Lipinski definition) is 5. The zero-order chi connectivity index (χ0) is 26.7. The SMILES string of the molecule is CCCCCCCC/C=C\CCCCCCCC(=O)N(CCOC(=O)CCC)CCOC(=O)CCC. The van der Waals surface area contributed by atoms with Gasteiger partial charge in [0.2, 0.25) is 5.91 Å². The minimum absolute atomic E-state index is 0.0331. The van der Waals surface area contributed by atoms with Crippen molar-refractivity contribution < 1.29 is 23.9 Å². The molecule has 210 valence electrons. The van der Waals surface area contributed by atoms with Crippen molar-refractivity contribution in [3.05, 3.63) is 12.2 Å². The first kappa shape index (κ1) is 34.1. The lowest BCUT2D eigenvalue weighted by atomic mass is 10.1. The highest BCUT2D eigenvalue weighted by molar-refractivity contribution is 5.76. The first-order valence-electron chi connectivity index (χ1n) is 14.8. The Morgan fingerprint density at radius 2 is 1.00 bits per heavy atom. The molecule has 0 unspecified atom stereocenters. The van der Waals surface area contributed by atoms with E-state index in [2.05, 4.69) is 19.1 Å². The summed E-state index contributed by atoms with van der Waals surface area (Å²) in [5.74, 6) is -0.446. The lowest BCUT2D eigenvalue weighted by Gasteiger charge is -2.22. The van der Waals surface area contributed by atoms with E-state index in [0.29, 0.717) is 32.4 Å². The molecule has 6 heteroatoms. The number of amides is 1. The molecule has 0 saturated carbocycles. The lowest BCUT2D eigenvalue weighted by Crippen LogP contribution is -2.37. The van der Waals surface area contributed by atoms with Gasteiger partial charge in [0, 0.05) is 19.3 Å². The maximum atomic E-state index is 12.7. The van der Waals surface area contributed by atoms with Crippen LogP contribution in [0.5, 0.6) is 0 Å². The van der Waals surface area contributed by atoms with Crippen molar-refractivity contribution in [1.29, 1.82) is 0 Å². The Hall–Kier alpha value is -1.85. The Labute approximate surface area is 221 Å². The summed E-state index contributed by atoms with van der Waals surface area (Å²) in [5, 5.41) is 0. The molecule has 0 bridgehead atoms. The molecule has 6 nitrogen and oxygen atoms in total. The number of esters is 2. The van der Waals surface area contributed by atoms with Crippen molar-refractivity contribution in [2.75, 3.05) is 26.3 Å². The maximum absolute atomic E-state index is 12.7. The highest BCUT2D eigenvalue weighted by atomic mass is 16.5. The summed E-state index contributed by atoms with van der Waals surface area (Å²) in [6.45, 7) is 7.15. The molecule has 0 fully saturated rings. The highest BCUT2D eigenvalue weighted by Crippen LogP contribution is 2.11. The van der Waals surface area contributed by atoms with Crippen LogP contribution in [0.25, 0.3) is 0 Å². The van der Waals surface area contributed by atoms with E-state index in [9.17, 15) is 14.4 Å². The van der Waals surface area contributed by atoms with Crippen LogP contribution in [0, 0.1) is 0 Å². The summed E-state index contributed by atoms with van der Waals surface area (Å²) >= 11 is 0. The molecule has 0 rings (SSSR count). The summed E-state index contributed by atoms with van der Waals surface area (Å²) in [6, 6.07) is 0. The van der Waals surface area contributed by atoms with Crippen molar-refractivity contribution in [3.8, 4) is 0 Å². The molecule has 0 aromatic carbocycles. The largest absolute Gasteiger partial charge is 0.464 e. The second-order valence-corrected chi connectivity index (χ2v) is 9.66. The van der Waals surface area contributed by atoms with Crippen molar-refractivity contribution in [1.82, 2.24) is 4.90 Å². The van der Waals surface area contributed by atoms with Gasteiger partial charge in [0.1, 0.15) is 13.2 Å². The molecular formula is C30H55NO5. The minimum atomic E-state index is -0.239. The molecule has 0 spiro atoms. The molecule has 36 heavy (non-hydrogen) atoms. The predicted molar refractivity (Wildman–Crippen MR) is 148 cm³/mol. The fourth-order valence-corrected chi connectivity index (χ4v) is 3.96. The molecule has 0 aromatic heterocycles. The Bertz CT molecular complexity index is 552. The molecule has 0 N–H and O–H groups in total. The fraction of sp³-hybridized carbons (Fsp3) is 0.833. The molecular weight excluding hydrogens is 454 g/mol. The minimum Gasteiger partial charge on any atom is -0.464 e. The number of nitrogens with zero attached hydrogens (tertiary/aromatic N) is 1. The molecule has 0 radical (unpaired) electrons. The van der Waals surface area contributed by atoms with E-state index >= 15 is 0 Å². The van der Waals surface area contributed by atoms with Crippen LogP contribution in [-0.2, 0) is 23.9 Å². The zero-order valence-corrected chi connectivity index (χ0v) is 23.7. The lowest BCUT2D eigenvalue weighted by molar-refractivity contribution is -0.147. The molecule has 0 aromatic rings. The van der Waals surface area contributed by atoms with Gasteiger partial charge in [-0.3, -0.25) is 14.4 Å². The van der Waals surface area contributed by atoms with Gasteiger partial charge >= 0.3 is 11.9 Å². The van der Waals surface area contributed by atoms with E-state index in [4.69, 9.17) is 9.47 Å². The summed E-state index contributed by atoms with van der Waals surface area (Å²) in [7, 11) is 0. The molecule has 0 heterocycles. The Morgan fingerprint density at radius 3 is 1.47 bits per heavy atom. The summed E-state index contributed by atoms with van der Waals surface area (Å²) in [4.78, 5) is 37.6. The number of carbonyl (C=O) groups is 3. The van der Waals surface area contributed by atoms with Gasteiger partial charge in [-0.25, -0.2) is 0 Å². The number of ether oxygens (including phenoxy) is 2. The summed E-state index contributed by atoms with van der Waals surface area (Å²) in [5.41, 5.74) is 0. The zero-order valence-electron chi connectivity index (χ0n) is 23.7. The average molecular weight is 510 g/mol. The molecule has 0 aliphatic heterocycles. The molecule has 1 amide bonds.